The van der Waals surface area contributed by atoms with Gasteiger partial charge in [0.25, 0.3) is 6.47 Å². The number of aliphatic carboxylic acids is 1. The van der Waals surface area contributed by atoms with Crippen LogP contribution < -0.4 is 4.90 Å². The first-order valence-corrected chi connectivity index (χ1v) is 7.59. The Hall–Kier alpha value is -2.15. The molecular weight excluding hydrogens is 300 g/mol. The third kappa shape index (κ3) is 4.41. The monoisotopic (exact) mass is 324 g/mol. The summed E-state index contributed by atoms with van der Waals surface area (Å²) >= 11 is 0. The van der Waals surface area contributed by atoms with E-state index >= 15 is 0 Å². The maximum Gasteiger partial charge on any atom is 0.312 e. The quantitative estimate of drug-likeness (QED) is 0.720. The fourth-order valence-corrected chi connectivity index (χ4v) is 2.98. The predicted molar refractivity (Wildman–Crippen MR) is 85.5 cm³/mol. The van der Waals surface area contributed by atoms with Gasteiger partial charge in [0, 0.05) is 18.8 Å². The highest BCUT2D eigenvalue weighted by Crippen LogP contribution is 2.37. The maximum absolute atomic E-state index is 11.6. The van der Waals surface area contributed by atoms with Crippen molar-refractivity contribution in [1.29, 1.82) is 0 Å². The first kappa shape index (κ1) is 18.9. The Labute approximate surface area is 135 Å². The zero-order chi connectivity index (χ0) is 17.5. The number of aliphatic hydroxyl groups excluding tert-OH is 1. The number of hydrogen-bond acceptors (Lipinski definition) is 5. The van der Waals surface area contributed by atoms with E-state index in [0.717, 1.165) is 17.9 Å². The topological polar surface area (TPSA) is 111 Å². The second-order valence-corrected chi connectivity index (χ2v) is 5.67. The number of β-amino-alcohol motifs (C(OH)–C–C–N with tert-alkyl or cyclic N) is 1. The van der Waals surface area contributed by atoms with Crippen molar-refractivity contribution in [2.75, 3.05) is 18.0 Å². The number of carboxylic acid groups (broad SMARTS) is 2. The lowest BCUT2D eigenvalue weighted by Gasteiger charge is -2.43. The van der Waals surface area contributed by atoms with Crippen molar-refractivity contribution >= 4 is 18.3 Å². The highest BCUT2D eigenvalue weighted by atomic mass is 16.4. The molecule has 0 aliphatic carbocycles. The molecule has 1 aromatic heterocycles. The molecule has 23 heavy (non-hydrogen) atoms. The molecule has 2 heterocycles. The van der Waals surface area contributed by atoms with Crippen LogP contribution in [-0.2, 0) is 9.59 Å². The standard InChI is InChI=1S/C15H22N2O3.CH2O2/c1-3-7-15(14(19)20)8-9-17(10-12(15)18)13-6-4-5-11(2)16-13;2-1-3/h4-6,12,18H,3,7-10H2,1-2H3,(H,19,20);1H,(H,2,3)/t12-,15-;/m0./s1. The van der Waals surface area contributed by atoms with Gasteiger partial charge in [0.15, 0.2) is 0 Å². The van der Waals surface area contributed by atoms with Crippen LogP contribution in [0.4, 0.5) is 5.82 Å². The van der Waals surface area contributed by atoms with Crippen LogP contribution in [0, 0.1) is 12.3 Å². The van der Waals surface area contributed by atoms with Crippen molar-refractivity contribution in [3.63, 3.8) is 0 Å². The van der Waals surface area contributed by atoms with E-state index in [4.69, 9.17) is 9.90 Å². The summed E-state index contributed by atoms with van der Waals surface area (Å²) in [7, 11) is 0. The van der Waals surface area contributed by atoms with E-state index in [1.54, 1.807) is 0 Å². The van der Waals surface area contributed by atoms with Crippen LogP contribution in [0.25, 0.3) is 0 Å². The number of anilines is 1. The van der Waals surface area contributed by atoms with Gasteiger partial charge in [-0.3, -0.25) is 9.59 Å². The zero-order valence-electron chi connectivity index (χ0n) is 13.5. The first-order chi connectivity index (χ1) is 10.9. The lowest BCUT2D eigenvalue weighted by Crippen LogP contribution is -2.55. The van der Waals surface area contributed by atoms with Gasteiger partial charge in [-0.25, -0.2) is 4.98 Å². The highest BCUT2D eigenvalue weighted by molar-refractivity contribution is 5.76. The van der Waals surface area contributed by atoms with Crippen LogP contribution in [0.5, 0.6) is 0 Å². The molecule has 3 N–H and O–H groups in total. The van der Waals surface area contributed by atoms with E-state index in [9.17, 15) is 15.0 Å². The Morgan fingerprint density at radius 3 is 2.65 bits per heavy atom. The summed E-state index contributed by atoms with van der Waals surface area (Å²) in [5.74, 6) is -0.0803. The van der Waals surface area contributed by atoms with Gasteiger partial charge in [0.05, 0.1) is 11.5 Å². The van der Waals surface area contributed by atoms with Crippen molar-refractivity contribution in [3.8, 4) is 0 Å². The van der Waals surface area contributed by atoms with Gasteiger partial charge < -0.3 is 20.2 Å². The number of nitrogens with zero attached hydrogens (tertiary/aromatic N) is 2. The van der Waals surface area contributed by atoms with Crippen LogP contribution in [0.15, 0.2) is 18.2 Å². The molecule has 0 aromatic carbocycles. The molecule has 2 rings (SSSR count). The Morgan fingerprint density at radius 2 is 2.17 bits per heavy atom. The molecule has 1 fully saturated rings. The van der Waals surface area contributed by atoms with Crippen LogP contribution in [0.1, 0.15) is 31.9 Å². The molecule has 1 aliphatic heterocycles. The van der Waals surface area contributed by atoms with Crippen LogP contribution in [-0.4, -0.2) is 51.9 Å². The minimum Gasteiger partial charge on any atom is -0.483 e. The molecule has 2 atom stereocenters. The highest BCUT2D eigenvalue weighted by Gasteiger charge is 2.48. The fraction of sp³-hybridized carbons (Fsp3) is 0.562. The summed E-state index contributed by atoms with van der Waals surface area (Å²) in [6.07, 6.45) is 0.855. The molecular formula is C16H24N2O5. The summed E-state index contributed by atoms with van der Waals surface area (Å²) < 4.78 is 0. The number of carbonyl (C=O) groups is 2. The number of piperidine rings is 1. The lowest BCUT2D eigenvalue weighted by molar-refractivity contribution is -0.159. The van der Waals surface area contributed by atoms with E-state index in [2.05, 4.69) is 4.98 Å². The van der Waals surface area contributed by atoms with E-state index in [1.807, 2.05) is 36.9 Å². The first-order valence-electron chi connectivity index (χ1n) is 7.59. The summed E-state index contributed by atoms with van der Waals surface area (Å²) in [4.78, 5) is 26.3. The summed E-state index contributed by atoms with van der Waals surface area (Å²) in [6.45, 7) is 4.55. The predicted octanol–water partition coefficient (Wildman–Crippen LogP) is 1.53. The molecule has 0 bridgehead atoms. The number of hydrogen-bond donors (Lipinski definition) is 3. The molecule has 0 amide bonds. The number of aromatic nitrogens is 1. The van der Waals surface area contributed by atoms with E-state index < -0.39 is 17.5 Å². The van der Waals surface area contributed by atoms with Crippen molar-refractivity contribution in [3.05, 3.63) is 23.9 Å². The zero-order valence-corrected chi connectivity index (χ0v) is 13.5. The third-order valence-corrected chi connectivity index (χ3v) is 4.18. The summed E-state index contributed by atoms with van der Waals surface area (Å²) in [6, 6.07) is 5.74. The van der Waals surface area contributed by atoms with Gasteiger partial charge in [-0.15, -0.1) is 0 Å². The minimum absolute atomic E-state index is 0.250. The maximum atomic E-state index is 11.6. The molecule has 0 saturated carbocycles. The molecule has 0 unspecified atom stereocenters. The van der Waals surface area contributed by atoms with Gasteiger partial charge in [-0.1, -0.05) is 19.4 Å². The number of carboxylic acids is 1. The molecule has 0 spiro atoms. The largest absolute Gasteiger partial charge is 0.483 e. The second kappa shape index (κ2) is 8.47. The summed E-state index contributed by atoms with van der Waals surface area (Å²) in [5.41, 5.74) is -0.0876. The smallest absolute Gasteiger partial charge is 0.312 e. The molecule has 1 aromatic rings. The molecule has 7 heteroatoms. The van der Waals surface area contributed by atoms with Crippen LogP contribution in [0.2, 0.25) is 0 Å². The van der Waals surface area contributed by atoms with E-state index in [0.29, 0.717) is 25.9 Å². The Balaban J connectivity index is 0.000000816. The van der Waals surface area contributed by atoms with E-state index in [-0.39, 0.29) is 6.47 Å². The number of pyridine rings is 1. The van der Waals surface area contributed by atoms with Crippen molar-refractivity contribution < 1.29 is 24.9 Å². The van der Waals surface area contributed by atoms with Gasteiger partial charge >= 0.3 is 5.97 Å². The average molecular weight is 324 g/mol. The van der Waals surface area contributed by atoms with Crippen LogP contribution >= 0.6 is 0 Å². The van der Waals surface area contributed by atoms with Gasteiger partial charge in [0.1, 0.15) is 5.82 Å². The Morgan fingerprint density at radius 1 is 1.52 bits per heavy atom. The average Bonchev–Trinajstić information content (AvgIpc) is 2.50. The third-order valence-electron chi connectivity index (χ3n) is 4.18. The normalized spacial score (nSPS) is 23.6. The molecule has 1 aliphatic rings. The molecule has 0 radical (unpaired) electrons. The van der Waals surface area contributed by atoms with Gasteiger partial charge in [0.2, 0.25) is 0 Å². The van der Waals surface area contributed by atoms with Crippen molar-refractivity contribution in [2.45, 2.75) is 39.2 Å². The number of aryl methyl sites for hydroxylation is 1. The minimum atomic E-state index is -1.00. The molecule has 1 saturated heterocycles. The SMILES string of the molecule is CCC[C@]1(C(=O)O)CCN(c2cccc(C)n2)C[C@@H]1O.O=CO. The number of rotatable bonds is 4. The van der Waals surface area contributed by atoms with Crippen LogP contribution in [0.3, 0.4) is 0 Å². The number of aliphatic hydroxyl groups is 1. The lowest BCUT2D eigenvalue weighted by atomic mass is 9.73. The van der Waals surface area contributed by atoms with E-state index in [1.165, 1.54) is 0 Å². The van der Waals surface area contributed by atoms with Gasteiger partial charge in [-0.2, -0.15) is 0 Å². The Kier molecular flexibility index (Phi) is 6.96. The Bertz CT molecular complexity index is 537. The van der Waals surface area contributed by atoms with Gasteiger partial charge in [-0.05, 0) is 31.9 Å². The summed E-state index contributed by atoms with van der Waals surface area (Å²) in [5, 5.41) is 26.8. The van der Waals surface area contributed by atoms with Crippen molar-refractivity contribution in [1.82, 2.24) is 4.98 Å². The fourth-order valence-electron chi connectivity index (χ4n) is 2.98. The molecule has 7 nitrogen and oxygen atoms in total. The van der Waals surface area contributed by atoms with Crippen molar-refractivity contribution in [2.24, 2.45) is 5.41 Å². The molecule has 128 valence electrons. The second-order valence-electron chi connectivity index (χ2n) is 5.67.